The van der Waals surface area contributed by atoms with Crippen LogP contribution in [0.4, 0.5) is 5.69 Å². The number of nitrogens with one attached hydrogen (secondary N) is 2. The summed E-state index contributed by atoms with van der Waals surface area (Å²) in [4.78, 5) is 13.7. The molecule has 0 fully saturated rings. The highest BCUT2D eigenvalue weighted by atomic mass is 15.5. The Hall–Kier alpha value is -4.23. The maximum atomic E-state index is 4.68. The number of hydrogen-bond donors (Lipinski definition) is 2. The number of rotatable bonds is 5. The summed E-state index contributed by atoms with van der Waals surface area (Å²) in [5.41, 5.74) is 11.8. The Morgan fingerprint density at radius 2 is 1.91 bits per heavy atom. The van der Waals surface area contributed by atoms with Crippen molar-refractivity contribution in [2.45, 2.75) is 6.04 Å². The van der Waals surface area contributed by atoms with Crippen LogP contribution in [0.15, 0.2) is 91.3 Å². The molecule has 1 atom stereocenters. The molecule has 168 valence electrons. The number of anilines is 1. The molecule has 2 aromatic carbocycles. The van der Waals surface area contributed by atoms with Crippen LogP contribution in [0.5, 0.6) is 0 Å². The zero-order chi connectivity index (χ0) is 23.1. The second kappa shape index (κ2) is 8.28. The Kier molecular flexibility index (Phi) is 4.96. The van der Waals surface area contributed by atoms with Crippen molar-refractivity contribution in [1.29, 1.82) is 0 Å². The van der Waals surface area contributed by atoms with E-state index in [2.05, 4.69) is 92.2 Å². The number of pyridine rings is 1. The lowest BCUT2D eigenvalue weighted by molar-refractivity contribution is 0.373. The third-order valence-electron chi connectivity index (χ3n) is 6.36. The molecule has 2 N–H and O–H groups in total. The van der Waals surface area contributed by atoms with Gasteiger partial charge in [0.25, 0.3) is 0 Å². The summed E-state index contributed by atoms with van der Waals surface area (Å²) < 4.78 is 2.14. The van der Waals surface area contributed by atoms with Gasteiger partial charge in [-0.15, -0.1) is 0 Å². The molecule has 0 saturated carbocycles. The molecule has 7 nitrogen and oxygen atoms in total. The highest BCUT2D eigenvalue weighted by Crippen LogP contribution is 2.35. The summed E-state index contributed by atoms with van der Waals surface area (Å²) in [6.07, 6.45) is 11.4. The predicted molar refractivity (Wildman–Crippen MR) is 136 cm³/mol. The molecule has 34 heavy (non-hydrogen) atoms. The van der Waals surface area contributed by atoms with Crippen LogP contribution in [-0.2, 0) is 7.05 Å². The van der Waals surface area contributed by atoms with Gasteiger partial charge in [-0.2, -0.15) is 0 Å². The van der Waals surface area contributed by atoms with Crippen molar-refractivity contribution in [3.8, 4) is 11.1 Å². The lowest BCUT2D eigenvalue weighted by Crippen LogP contribution is -2.25. The van der Waals surface area contributed by atoms with Crippen LogP contribution >= 0.6 is 0 Å². The molecule has 3 aromatic heterocycles. The molecular formula is C27H25N7. The largest absolute Gasteiger partial charge is 0.374 e. The van der Waals surface area contributed by atoms with E-state index in [9.17, 15) is 0 Å². The molecule has 0 aliphatic carbocycles. The van der Waals surface area contributed by atoms with Gasteiger partial charge in [-0.3, -0.25) is 15.0 Å². The smallest absolute Gasteiger partial charge is 0.0966 e. The lowest BCUT2D eigenvalue weighted by atomic mass is 9.98. The van der Waals surface area contributed by atoms with Gasteiger partial charge >= 0.3 is 0 Å². The molecule has 0 spiro atoms. The topological polar surface area (TPSA) is 70.9 Å². The summed E-state index contributed by atoms with van der Waals surface area (Å²) >= 11 is 0. The quantitative estimate of drug-likeness (QED) is 0.408. The van der Waals surface area contributed by atoms with E-state index in [0.29, 0.717) is 0 Å². The van der Waals surface area contributed by atoms with Gasteiger partial charge in [0.1, 0.15) is 0 Å². The van der Waals surface area contributed by atoms with E-state index >= 15 is 0 Å². The van der Waals surface area contributed by atoms with Gasteiger partial charge in [0, 0.05) is 74.6 Å². The summed E-state index contributed by atoms with van der Waals surface area (Å²) in [5.74, 6) is 0. The number of benzene rings is 2. The third kappa shape index (κ3) is 3.66. The fourth-order valence-electron chi connectivity index (χ4n) is 4.64. The van der Waals surface area contributed by atoms with Crippen LogP contribution in [0.25, 0.3) is 33.1 Å². The molecule has 4 heterocycles. The molecule has 1 unspecified atom stereocenters. The van der Waals surface area contributed by atoms with Gasteiger partial charge < -0.3 is 14.9 Å². The minimum absolute atomic E-state index is 0.0246. The molecule has 7 heteroatoms. The van der Waals surface area contributed by atoms with Crippen LogP contribution in [0.3, 0.4) is 0 Å². The van der Waals surface area contributed by atoms with Crippen molar-refractivity contribution in [2.75, 3.05) is 18.9 Å². The Morgan fingerprint density at radius 3 is 2.74 bits per heavy atom. The molecule has 1 aliphatic rings. The lowest BCUT2D eigenvalue weighted by Gasteiger charge is -2.22. The second-order valence-electron chi connectivity index (χ2n) is 8.66. The number of hydrazine groups is 1. The Balaban J connectivity index is 1.48. The van der Waals surface area contributed by atoms with Crippen LogP contribution in [0, 0.1) is 0 Å². The minimum Gasteiger partial charge on any atom is -0.374 e. The second-order valence-corrected chi connectivity index (χ2v) is 8.66. The average molecular weight is 448 g/mol. The van der Waals surface area contributed by atoms with Crippen molar-refractivity contribution in [2.24, 2.45) is 7.05 Å². The summed E-state index contributed by atoms with van der Waals surface area (Å²) in [6.45, 7) is 0.771. The van der Waals surface area contributed by atoms with E-state index in [0.717, 1.165) is 40.0 Å². The Morgan fingerprint density at radius 1 is 1.00 bits per heavy atom. The predicted octanol–water partition coefficient (Wildman–Crippen LogP) is 4.67. The maximum absolute atomic E-state index is 4.68. The minimum atomic E-state index is -0.0246. The molecule has 0 saturated heterocycles. The van der Waals surface area contributed by atoms with Crippen LogP contribution in [0.2, 0.25) is 0 Å². The van der Waals surface area contributed by atoms with E-state index in [1.807, 2.05) is 24.3 Å². The maximum Gasteiger partial charge on any atom is 0.0966 e. The molecule has 0 bridgehead atoms. The zero-order valence-electron chi connectivity index (χ0n) is 19.1. The SMILES string of the molecule is CN1C=C(C(Nc2cc(-c3ccc4ccn(C)c4c3)c3nccnc3c2)c2cccnc2)CN1. The Labute approximate surface area is 197 Å². The molecule has 0 amide bonds. The highest BCUT2D eigenvalue weighted by Gasteiger charge is 2.22. The summed E-state index contributed by atoms with van der Waals surface area (Å²) in [7, 11) is 4.08. The van der Waals surface area contributed by atoms with Gasteiger partial charge in [-0.1, -0.05) is 18.2 Å². The number of nitrogens with zero attached hydrogens (tertiary/aromatic N) is 5. The first-order chi connectivity index (χ1) is 16.7. The number of aryl methyl sites for hydroxylation is 1. The van der Waals surface area contributed by atoms with E-state index in [-0.39, 0.29) is 6.04 Å². The van der Waals surface area contributed by atoms with Crippen molar-refractivity contribution in [3.63, 3.8) is 0 Å². The van der Waals surface area contributed by atoms with Gasteiger partial charge in [-0.05, 0) is 52.4 Å². The first kappa shape index (κ1) is 20.4. The first-order valence-electron chi connectivity index (χ1n) is 11.3. The standard InChI is InChI=1S/C27H25N7/c1-33-11-7-18-5-6-19(12-25(18)33)23-13-22(14-24-27(23)30-10-9-29-24)32-26(20-4-3-8-28-15-20)21-16-31-34(2)17-21/h3-15,17,26,31-32H,16H2,1-2H3. The fraction of sp³-hybridized carbons (Fsp3) is 0.148. The molecular weight excluding hydrogens is 422 g/mol. The van der Waals surface area contributed by atoms with E-state index in [1.54, 1.807) is 18.6 Å². The van der Waals surface area contributed by atoms with Gasteiger partial charge in [0.05, 0.1) is 17.1 Å². The molecule has 0 radical (unpaired) electrons. The van der Waals surface area contributed by atoms with Crippen molar-refractivity contribution >= 4 is 27.6 Å². The average Bonchev–Trinajstić information content (AvgIpc) is 3.47. The zero-order valence-corrected chi connectivity index (χ0v) is 19.1. The van der Waals surface area contributed by atoms with E-state index in [4.69, 9.17) is 0 Å². The molecule has 1 aliphatic heterocycles. The van der Waals surface area contributed by atoms with Gasteiger partial charge in [0.2, 0.25) is 0 Å². The fourth-order valence-corrected chi connectivity index (χ4v) is 4.64. The monoisotopic (exact) mass is 447 g/mol. The summed E-state index contributed by atoms with van der Waals surface area (Å²) in [6, 6.07) is 17.0. The van der Waals surface area contributed by atoms with Gasteiger partial charge in [0.15, 0.2) is 0 Å². The van der Waals surface area contributed by atoms with E-state index < -0.39 is 0 Å². The highest BCUT2D eigenvalue weighted by molar-refractivity contribution is 5.97. The Bertz CT molecular complexity index is 1520. The first-order valence-corrected chi connectivity index (χ1v) is 11.3. The number of fused-ring (bicyclic) bond motifs is 2. The number of aromatic nitrogens is 4. The summed E-state index contributed by atoms with van der Waals surface area (Å²) in [5, 5.41) is 6.97. The van der Waals surface area contributed by atoms with Crippen molar-refractivity contribution in [3.05, 3.63) is 96.9 Å². The normalized spacial score (nSPS) is 14.5. The van der Waals surface area contributed by atoms with Gasteiger partial charge in [-0.25, -0.2) is 5.43 Å². The van der Waals surface area contributed by atoms with Crippen LogP contribution in [0.1, 0.15) is 11.6 Å². The van der Waals surface area contributed by atoms with E-state index in [1.165, 1.54) is 16.5 Å². The molecule has 5 aromatic rings. The van der Waals surface area contributed by atoms with Crippen molar-refractivity contribution in [1.82, 2.24) is 30.0 Å². The third-order valence-corrected chi connectivity index (χ3v) is 6.36. The van der Waals surface area contributed by atoms with Crippen molar-refractivity contribution < 1.29 is 0 Å². The number of hydrogen-bond acceptors (Lipinski definition) is 6. The van der Waals surface area contributed by atoms with Crippen LogP contribution in [-0.4, -0.2) is 38.1 Å². The van der Waals surface area contributed by atoms with Crippen LogP contribution < -0.4 is 10.7 Å². The molecule has 6 rings (SSSR count).